The number of nitrogens with two attached hydrogens (primary N) is 1. The second-order valence-electron chi connectivity index (χ2n) is 11.1. The third-order valence-corrected chi connectivity index (χ3v) is 8.83. The number of aromatic hydroxyl groups is 1. The number of carbonyl (C=O) groups is 1. The Kier molecular flexibility index (Phi) is 6.83. The lowest BCUT2D eigenvalue weighted by Gasteiger charge is -2.48. The van der Waals surface area contributed by atoms with Crippen molar-refractivity contribution in [2.75, 3.05) is 34.2 Å². The standard InChI is InChI=1S/C29H33NO12/c1-11-36-9-20-27(40-11)25(32)23(30)29(41-20)42-26-14-7-17-16(38-10-39-17)6-13(14)21(22-15(26)8-37-28(22)33)12-4-18(34-2)24(31)19(5-12)35-3/h4-7,11,15,20-23,25-27,29,31-32H,8-10,30H2,1-3H3/t11-,15+,20?,21-,22+,23+,25+,26-,27?,29+/m1/s1. The molecule has 13 heteroatoms. The van der Waals surface area contributed by atoms with E-state index in [0.717, 1.165) is 11.1 Å². The van der Waals surface area contributed by atoms with Gasteiger partial charge in [-0.05, 0) is 47.9 Å². The van der Waals surface area contributed by atoms with Gasteiger partial charge in [-0.25, -0.2) is 0 Å². The van der Waals surface area contributed by atoms with Gasteiger partial charge in [0.1, 0.15) is 18.3 Å². The van der Waals surface area contributed by atoms with Gasteiger partial charge in [0, 0.05) is 11.8 Å². The van der Waals surface area contributed by atoms with Crippen LogP contribution in [-0.2, 0) is 28.5 Å². The minimum absolute atomic E-state index is 0.0501. The number of aliphatic hydroxyl groups is 1. The van der Waals surface area contributed by atoms with E-state index in [9.17, 15) is 15.0 Å². The Labute approximate surface area is 241 Å². The molecule has 4 heterocycles. The highest BCUT2D eigenvalue weighted by atomic mass is 16.7. The summed E-state index contributed by atoms with van der Waals surface area (Å²) in [5, 5.41) is 21.6. The van der Waals surface area contributed by atoms with Crippen LogP contribution in [0.2, 0.25) is 0 Å². The third kappa shape index (κ3) is 4.26. The highest BCUT2D eigenvalue weighted by Gasteiger charge is 2.55. The number of cyclic esters (lactones) is 1. The molecule has 2 aromatic rings. The van der Waals surface area contributed by atoms with Crippen LogP contribution in [0, 0.1) is 11.8 Å². The Bertz CT molecular complexity index is 1360. The highest BCUT2D eigenvalue weighted by molar-refractivity contribution is 5.79. The molecule has 3 saturated heterocycles. The summed E-state index contributed by atoms with van der Waals surface area (Å²) in [6, 6.07) is 6.10. The summed E-state index contributed by atoms with van der Waals surface area (Å²) in [7, 11) is 2.88. The van der Waals surface area contributed by atoms with Crippen LogP contribution in [0.3, 0.4) is 0 Å². The zero-order chi connectivity index (χ0) is 29.3. The Hall–Kier alpha value is -3.33. The van der Waals surface area contributed by atoms with E-state index >= 15 is 0 Å². The van der Waals surface area contributed by atoms with Crippen LogP contribution in [0.15, 0.2) is 24.3 Å². The normalized spacial score (nSPS) is 36.5. The van der Waals surface area contributed by atoms with Gasteiger partial charge in [0.25, 0.3) is 0 Å². The Morgan fingerprint density at radius 2 is 1.64 bits per heavy atom. The van der Waals surface area contributed by atoms with E-state index in [1.165, 1.54) is 14.2 Å². The molecule has 1 aliphatic carbocycles. The molecule has 5 aliphatic rings. The lowest BCUT2D eigenvalue weighted by atomic mass is 9.66. The van der Waals surface area contributed by atoms with Gasteiger partial charge in [-0.2, -0.15) is 0 Å². The van der Waals surface area contributed by atoms with E-state index < -0.39 is 66.8 Å². The second kappa shape index (κ2) is 10.4. The molecular weight excluding hydrogens is 554 g/mol. The minimum atomic E-state index is -1.07. The van der Waals surface area contributed by atoms with Crippen molar-refractivity contribution in [1.82, 2.24) is 0 Å². The van der Waals surface area contributed by atoms with Crippen molar-refractivity contribution in [2.45, 2.75) is 55.9 Å². The van der Waals surface area contributed by atoms with Gasteiger partial charge in [-0.1, -0.05) is 0 Å². The van der Waals surface area contributed by atoms with Crippen molar-refractivity contribution in [2.24, 2.45) is 17.6 Å². The lowest BCUT2D eigenvalue weighted by Crippen LogP contribution is -2.65. The summed E-state index contributed by atoms with van der Waals surface area (Å²) in [6.07, 6.45) is -4.58. The van der Waals surface area contributed by atoms with E-state index in [4.69, 9.17) is 48.4 Å². The lowest BCUT2D eigenvalue weighted by molar-refractivity contribution is -0.343. The van der Waals surface area contributed by atoms with Crippen molar-refractivity contribution in [3.05, 3.63) is 41.0 Å². The maximum Gasteiger partial charge on any atom is 0.310 e. The number of aliphatic hydroxyl groups excluding tert-OH is 1. The van der Waals surface area contributed by atoms with Crippen LogP contribution < -0.4 is 24.7 Å². The number of hydrogen-bond donors (Lipinski definition) is 3. The fourth-order valence-electron chi connectivity index (χ4n) is 6.78. The highest BCUT2D eigenvalue weighted by Crippen LogP contribution is 2.57. The first-order chi connectivity index (χ1) is 20.3. The average molecular weight is 588 g/mol. The molecule has 0 amide bonds. The van der Waals surface area contributed by atoms with Crippen LogP contribution in [0.25, 0.3) is 0 Å². The van der Waals surface area contributed by atoms with E-state index in [2.05, 4.69) is 0 Å². The number of hydrogen-bond acceptors (Lipinski definition) is 13. The molecule has 7 rings (SSSR count). The van der Waals surface area contributed by atoms with Gasteiger partial charge < -0.3 is 58.6 Å². The molecule has 226 valence electrons. The van der Waals surface area contributed by atoms with Crippen LogP contribution in [0.1, 0.15) is 35.6 Å². The molecule has 0 spiro atoms. The summed E-state index contributed by atoms with van der Waals surface area (Å²) in [6.45, 7) is 2.09. The molecule has 0 aromatic heterocycles. The van der Waals surface area contributed by atoms with Gasteiger partial charge >= 0.3 is 5.97 Å². The SMILES string of the molecule is COc1cc([C@@H]2c3cc4c(cc3[C@@H](O[C@@H]3OC5CO[C@@H](C)OC5[C@@H](O)[C@@H]3N)[C@H]3COC(=O)[C@H]23)OCO4)cc(OC)c1O. The summed E-state index contributed by atoms with van der Waals surface area (Å²) >= 11 is 0. The van der Waals surface area contributed by atoms with E-state index in [0.29, 0.717) is 17.1 Å². The fourth-order valence-corrected chi connectivity index (χ4v) is 6.78. The summed E-state index contributed by atoms with van der Waals surface area (Å²) in [5.41, 5.74) is 8.58. The first kappa shape index (κ1) is 27.5. The number of phenols is 1. The molecule has 10 atom stereocenters. The molecule has 4 aliphatic heterocycles. The summed E-state index contributed by atoms with van der Waals surface area (Å²) in [5.74, 6) is -0.763. The molecule has 4 N–H and O–H groups in total. The van der Waals surface area contributed by atoms with E-state index in [1.54, 1.807) is 19.1 Å². The van der Waals surface area contributed by atoms with Crippen molar-refractivity contribution in [3.8, 4) is 28.7 Å². The number of rotatable bonds is 5. The second-order valence-corrected chi connectivity index (χ2v) is 11.1. The Morgan fingerprint density at radius 3 is 2.33 bits per heavy atom. The van der Waals surface area contributed by atoms with Gasteiger partial charge in [0.05, 0.1) is 45.5 Å². The van der Waals surface area contributed by atoms with E-state index in [-0.39, 0.29) is 37.3 Å². The van der Waals surface area contributed by atoms with Crippen molar-refractivity contribution >= 4 is 5.97 Å². The van der Waals surface area contributed by atoms with Gasteiger partial charge in [-0.15, -0.1) is 0 Å². The van der Waals surface area contributed by atoms with Gasteiger partial charge in [-0.3, -0.25) is 4.79 Å². The quantitative estimate of drug-likeness (QED) is 0.429. The van der Waals surface area contributed by atoms with Crippen LogP contribution in [-0.4, -0.2) is 87.3 Å². The van der Waals surface area contributed by atoms with Crippen LogP contribution in [0.4, 0.5) is 0 Å². The topological polar surface area (TPSA) is 167 Å². The first-order valence-electron chi connectivity index (χ1n) is 13.9. The van der Waals surface area contributed by atoms with Crippen molar-refractivity contribution < 1.29 is 57.6 Å². The monoisotopic (exact) mass is 587 g/mol. The minimum Gasteiger partial charge on any atom is -0.502 e. The van der Waals surface area contributed by atoms with Gasteiger partial charge in [0.2, 0.25) is 12.5 Å². The van der Waals surface area contributed by atoms with Gasteiger partial charge in [0.15, 0.2) is 35.6 Å². The number of methoxy groups -OCH3 is 2. The third-order valence-electron chi connectivity index (χ3n) is 8.83. The molecule has 2 unspecified atom stereocenters. The number of carbonyl (C=O) groups excluding carboxylic acids is 1. The first-order valence-corrected chi connectivity index (χ1v) is 13.9. The molecule has 42 heavy (non-hydrogen) atoms. The zero-order valence-corrected chi connectivity index (χ0v) is 23.3. The Morgan fingerprint density at radius 1 is 0.952 bits per heavy atom. The predicted octanol–water partition coefficient (Wildman–Crippen LogP) is 1.30. The molecule has 0 radical (unpaired) electrons. The van der Waals surface area contributed by atoms with Crippen molar-refractivity contribution in [3.63, 3.8) is 0 Å². The van der Waals surface area contributed by atoms with E-state index in [1.807, 2.05) is 12.1 Å². The largest absolute Gasteiger partial charge is 0.502 e. The molecule has 0 saturated carbocycles. The molecular formula is C29H33NO12. The zero-order valence-electron chi connectivity index (χ0n) is 23.3. The molecule has 3 fully saturated rings. The molecule has 0 bridgehead atoms. The van der Waals surface area contributed by atoms with Crippen LogP contribution in [0.5, 0.6) is 28.7 Å². The molecule has 2 aromatic carbocycles. The maximum atomic E-state index is 13.4. The number of fused-ring (bicyclic) bond motifs is 4. The predicted molar refractivity (Wildman–Crippen MR) is 140 cm³/mol. The Balaban J connectivity index is 1.32. The smallest absolute Gasteiger partial charge is 0.310 e. The number of benzene rings is 2. The molecule has 13 nitrogen and oxygen atoms in total. The number of esters is 1. The van der Waals surface area contributed by atoms with Crippen LogP contribution >= 0.6 is 0 Å². The average Bonchev–Trinajstić information content (AvgIpc) is 3.61. The fraction of sp³-hybridized carbons (Fsp3) is 0.552. The summed E-state index contributed by atoms with van der Waals surface area (Å²) in [4.78, 5) is 13.4. The van der Waals surface area contributed by atoms with Crippen molar-refractivity contribution in [1.29, 1.82) is 0 Å². The number of ether oxygens (including phenoxy) is 9. The summed E-state index contributed by atoms with van der Waals surface area (Å²) < 4.78 is 52.0. The maximum absolute atomic E-state index is 13.4. The number of phenolic OH excluding ortho intramolecular Hbond substituents is 1.